The van der Waals surface area contributed by atoms with Crippen LogP contribution in [0.25, 0.3) is 27.7 Å². The van der Waals surface area contributed by atoms with E-state index < -0.39 is 0 Å². The number of carbonyl (C=O) groups excluding carboxylic acids is 1. The Morgan fingerprint density at radius 3 is 2.19 bits per heavy atom. The molecule has 1 aromatic heterocycles. The topological polar surface area (TPSA) is 52.0 Å². The first-order valence-electron chi connectivity index (χ1n) is 12.0. The first-order chi connectivity index (χ1) is 17.5. The first-order valence-corrected chi connectivity index (χ1v) is 12.9. The number of benzene rings is 4. The van der Waals surface area contributed by atoms with Crippen molar-refractivity contribution in [1.82, 2.24) is 9.55 Å². The predicted molar refractivity (Wildman–Crippen MR) is 148 cm³/mol. The Morgan fingerprint density at radius 1 is 0.806 bits per heavy atom. The van der Waals surface area contributed by atoms with Gasteiger partial charge >= 0.3 is 0 Å². The van der Waals surface area contributed by atoms with Crippen LogP contribution in [0.5, 0.6) is 0 Å². The molecule has 0 atom stereocenters. The van der Waals surface area contributed by atoms with E-state index >= 15 is 0 Å². The molecule has 4 aromatic carbocycles. The second-order valence-electron chi connectivity index (χ2n) is 8.92. The molecule has 5 heteroatoms. The van der Waals surface area contributed by atoms with E-state index in [1.807, 2.05) is 97.1 Å². The smallest absolute Gasteiger partial charge is 0.266 e. The minimum absolute atomic E-state index is 0.00860. The number of para-hydroxylation sites is 2. The molecular formula is C31H26N2O2S. The molecule has 0 aliphatic heterocycles. The molecule has 0 spiro atoms. The van der Waals surface area contributed by atoms with Crippen molar-refractivity contribution in [2.75, 3.05) is 5.75 Å². The van der Waals surface area contributed by atoms with Crippen LogP contribution in [0.1, 0.15) is 35.7 Å². The molecule has 0 bridgehead atoms. The van der Waals surface area contributed by atoms with Crippen molar-refractivity contribution in [2.45, 2.75) is 24.9 Å². The van der Waals surface area contributed by atoms with E-state index in [1.165, 1.54) is 11.8 Å². The zero-order valence-corrected chi connectivity index (χ0v) is 21.0. The number of aromatic nitrogens is 2. The van der Waals surface area contributed by atoms with E-state index in [1.54, 1.807) is 10.6 Å². The Balaban J connectivity index is 1.49. The Kier molecular flexibility index (Phi) is 6.83. The Morgan fingerprint density at radius 2 is 1.44 bits per heavy atom. The molecule has 36 heavy (non-hydrogen) atoms. The highest BCUT2D eigenvalue weighted by Crippen LogP contribution is 2.28. The molecule has 1 heterocycles. The van der Waals surface area contributed by atoms with Gasteiger partial charge in [0.05, 0.1) is 22.3 Å². The van der Waals surface area contributed by atoms with Crippen molar-refractivity contribution >= 4 is 28.4 Å². The average Bonchev–Trinajstić information content (AvgIpc) is 2.92. The molecule has 0 radical (unpaired) electrons. The highest BCUT2D eigenvalue weighted by molar-refractivity contribution is 7.99. The summed E-state index contributed by atoms with van der Waals surface area (Å²) >= 11 is 1.30. The van der Waals surface area contributed by atoms with Crippen molar-refractivity contribution in [2.24, 2.45) is 0 Å². The van der Waals surface area contributed by atoms with E-state index in [9.17, 15) is 9.59 Å². The van der Waals surface area contributed by atoms with Gasteiger partial charge in [0.15, 0.2) is 10.9 Å². The molecule has 4 nitrogen and oxygen atoms in total. The van der Waals surface area contributed by atoms with E-state index in [4.69, 9.17) is 4.98 Å². The summed E-state index contributed by atoms with van der Waals surface area (Å²) in [6.45, 7) is 4.21. The third-order valence-electron chi connectivity index (χ3n) is 6.19. The minimum Gasteiger partial charge on any atom is -0.293 e. The number of nitrogens with zero attached hydrogens (tertiary/aromatic N) is 2. The summed E-state index contributed by atoms with van der Waals surface area (Å²) in [5, 5.41) is 1.07. The van der Waals surface area contributed by atoms with Gasteiger partial charge in [0.1, 0.15) is 0 Å². The molecule has 0 N–H and O–H groups in total. The quantitative estimate of drug-likeness (QED) is 0.138. The zero-order chi connectivity index (χ0) is 25.1. The number of thioether (sulfide) groups is 1. The second kappa shape index (κ2) is 10.3. The van der Waals surface area contributed by atoms with Gasteiger partial charge in [-0.1, -0.05) is 111 Å². The largest absolute Gasteiger partial charge is 0.293 e. The van der Waals surface area contributed by atoms with Crippen LogP contribution in [-0.4, -0.2) is 21.1 Å². The summed E-state index contributed by atoms with van der Waals surface area (Å²) in [6, 6.07) is 33.0. The fourth-order valence-electron chi connectivity index (χ4n) is 4.29. The average molecular weight is 491 g/mol. The maximum absolute atomic E-state index is 13.6. The number of ketones is 1. The van der Waals surface area contributed by atoms with Crippen LogP contribution >= 0.6 is 11.8 Å². The van der Waals surface area contributed by atoms with Gasteiger partial charge in [-0.2, -0.15) is 0 Å². The van der Waals surface area contributed by atoms with E-state index in [2.05, 4.69) is 13.8 Å². The molecule has 5 aromatic rings. The number of rotatable bonds is 7. The van der Waals surface area contributed by atoms with Gasteiger partial charge in [0.2, 0.25) is 0 Å². The standard InChI is InChI=1S/C31H26N2O2S/c1-21(2)25-12-7-9-15-28(25)33-30(35)26-13-6-8-14-27(26)32-31(33)36-20-29(34)24-18-16-23(17-19-24)22-10-4-3-5-11-22/h3-19,21H,20H2,1-2H3. The highest BCUT2D eigenvalue weighted by atomic mass is 32.2. The summed E-state index contributed by atoms with van der Waals surface area (Å²) in [7, 11) is 0. The van der Waals surface area contributed by atoms with Crippen LogP contribution in [0, 0.1) is 0 Å². The summed E-state index contributed by atoms with van der Waals surface area (Å²) in [5.74, 6) is 0.396. The summed E-state index contributed by atoms with van der Waals surface area (Å²) in [6.07, 6.45) is 0. The van der Waals surface area contributed by atoms with E-state index in [0.717, 1.165) is 22.4 Å². The fraction of sp³-hybridized carbons (Fsp3) is 0.129. The van der Waals surface area contributed by atoms with Crippen molar-refractivity contribution in [3.05, 3.63) is 125 Å². The first kappa shape index (κ1) is 23.8. The van der Waals surface area contributed by atoms with Crippen molar-refractivity contribution < 1.29 is 4.79 Å². The van der Waals surface area contributed by atoms with Gasteiger partial charge in [-0.25, -0.2) is 4.98 Å². The maximum atomic E-state index is 13.6. The van der Waals surface area contributed by atoms with Crippen molar-refractivity contribution in [1.29, 1.82) is 0 Å². The van der Waals surface area contributed by atoms with Crippen LogP contribution in [0.3, 0.4) is 0 Å². The lowest BCUT2D eigenvalue weighted by Crippen LogP contribution is -2.23. The number of Topliss-reactive ketones (excluding diaryl/α,β-unsaturated/α-hetero) is 1. The number of hydrogen-bond donors (Lipinski definition) is 0. The van der Waals surface area contributed by atoms with Crippen LogP contribution in [-0.2, 0) is 0 Å². The summed E-state index contributed by atoms with van der Waals surface area (Å²) in [5.41, 5.74) is 5.17. The van der Waals surface area contributed by atoms with Gasteiger partial charge in [-0.15, -0.1) is 0 Å². The van der Waals surface area contributed by atoms with Gasteiger partial charge < -0.3 is 0 Å². The SMILES string of the molecule is CC(C)c1ccccc1-n1c(SCC(=O)c2ccc(-c3ccccc3)cc2)nc2ccccc2c1=O. The number of hydrogen-bond acceptors (Lipinski definition) is 4. The molecule has 0 aliphatic carbocycles. The Bertz CT molecular complexity index is 1590. The Labute approximate surface area is 214 Å². The third kappa shape index (κ3) is 4.75. The van der Waals surface area contributed by atoms with Crippen molar-refractivity contribution in [3.63, 3.8) is 0 Å². The van der Waals surface area contributed by atoms with Gasteiger partial charge in [0.25, 0.3) is 5.56 Å². The normalized spacial score (nSPS) is 11.2. The van der Waals surface area contributed by atoms with Crippen LogP contribution in [0.4, 0.5) is 0 Å². The Hall–Kier alpha value is -3.96. The van der Waals surface area contributed by atoms with E-state index in [0.29, 0.717) is 21.6 Å². The number of carbonyl (C=O) groups is 1. The lowest BCUT2D eigenvalue weighted by Gasteiger charge is -2.18. The molecular weight excluding hydrogens is 464 g/mol. The van der Waals surface area contributed by atoms with Gasteiger partial charge in [-0.3, -0.25) is 14.2 Å². The molecule has 178 valence electrons. The maximum Gasteiger partial charge on any atom is 0.266 e. The van der Waals surface area contributed by atoms with Crippen LogP contribution in [0.2, 0.25) is 0 Å². The molecule has 0 unspecified atom stereocenters. The molecule has 0 saturated heterocycles. The van der Waals surface area contributed by atoms with E-state index in [-0.39, 0.29) is 23.0 Å². The van der Waals surface area contributed by atoms with Crippen LogP contribution < -0.4 is 5.56 Å². The molecule has 0 saturated carbocycles. The molecule has 0 fully saturated rings. The van der Waals surface area contributed by atoms with Crippen molar-refractivity contribution in [3.8, 4) is 16.8 Å². The monoisotopic (exact) mass is 490 g/mol. The van der Waals surface area contributed by atoms with Gasteiger partial charge in [0, 0.05) is 5.56 Å². The predicted octanol–water partition coefficient (Wildman–Crippen LogP) is 7.15. The zero-order valence-electron chi connectivity index (χ0n) is 20.2. The second-order valence-corrected chi connectivity index (χ2v) is 9.86. The highest BCUT2D eigenvalue weighted by Gasteiger charge is 2.18. The molecule has 0 amide bonds. The van der Waals surface area contributed by atoms with Crippen LogP contribution in [0.15, 0.2) is 113 Å². The summed E-state index contributed by atoms with van der Waals surface area (Å²) < 4.78 is 1.66. The lowest BCUT2D eigenvalue weighted by atomic mass is 10.0. The minimum atomic E-state index is -0.129. The third-order valence-corrected chi connectivity index (χ3v) is 7.13. The molecule has 0 aliphatic rings. The van der Waals surface area contributed by atoms with Gasteiger partial charge in [-0.05, 0) is 40.8 Å². The lowest BCUT2D eigenvalue weighted by molar-refractivity contribution is 0.102. The number of fused-ring (bicyclic) bond motifs is 1. The molecule has 5 rings (SSSR count). The summed E-state index contributed by atoms with van der Waals surface area (Å²) in [4.78, 5) is 31.5. The fourth-order valence-corrected chi connectivity index (χ4v) is 5.19.